The maximum Gasteiger partial charge on any atom is 0.193 e. The molecule has 12 aromatic carbocycles. The summed E-state index contributed by atoms with van der Waals surface area (Å²) in [5.41, 5.74) is 31.1. The number of nitrogens with zero attached hydrogens (tertiary/aromatic N) is 6. The van der Waals surface area contributed by atoms with Gasteiger partial charge in [0.1, 0.15) is 5.82 Å². The van der Waals surface area contributed by atoms with E-state index in [4.69, 9.17) is 0 Å². The number of aryl methyl sites for hydroxylation is 18. The molecule has 127 heavy (non-hydrogen) atoms. The zero-order valence-electron chi connectivity index (χ0n) is 78.5. The molecule has 0 bridgehead atoms. The summed E-state index contributed by atoms with van der Waals surface area (Å²) in [4.78, 5) is 72.2. The number of aromatic nitrogens is 6. The molecule has 0 unspecified atom stereocenters. The highest BCUT2D eigenvalue weighted by Gasteiger charge is 2.23. The van der Waals surface area contributed by atoms with E-state index in [9.17, 15) is 19.2 Å². The van der Waals surface area contributed by atoms with Gasteiger partial charge in [-0.3, -0.25) is 39.1 Å². The maximum absolute atomic E-state index is 12.1. The summed E-state index contributed by atoms with van der Waals surface area (Å²) in [7, 11) is 0. The minimum Gasteiger partial charge on any atom is -0.289 e. The second-order valence-corrected chi connectivity index (χ2v) is 32.2. The molecule has 0 fully saturated rings. The van der Waals surface area contributed by atoms with Gasteiger partial charge in [0.05, 0.1) is 22.8 Å². The molecular weight excluding hydrogens is 1550 g/mol. The van der Waals surface area contributed by atoms with Crippen LogP contribution in [0.15, 0.2) is 347 Å². The topological polar surface area (TPSA) is 146 Å². The summed E-state index contributed by atoms with van der Waals surface area (Å²) < 4.78 is 0. The van der Waals surface area contributed by atoms with Crippen molar-refractivity contribution in [2.75, 3.05) is 0 Å². The lowest BCUT2D eigenvalue weighted by molar-refractivity contribution is 0.103. The summed E-state index contributed by atoms with van der Waals surface area (Å²) in [5.74, 6) is 1.12. The third kappa shape index (κ3) is 38.6. The Kier molecular flexibility index (Phi) is 43.0. The van der Waals surface area contributed by atoms with Crippen LogP contribution >= 0.6 is 0 Å². The summed E-state index contributed by atoms with van der Waals surface area (Å²) in [6.45, 7) is 44.7. The molecule has 10 heteroatoms. The van der Waals surface area contributed by atoms with Crippen molar-refractivity contribution in [2.24, 2.45) is 0 Å². The fourth-order valence-electron chi connectivity index (χ4n) is 11.8. The summed E-state index contributed by atoms with van der Waals surface area (Å²) in [6, 6.07) is 96.4. The Labute approximate surface area is 757 Å². The predicted molar refractivity (Wildman–Crippen MR) is 534 cm³/mol. The molecule has 15 aromatic rings. The molecule has 0 saturated heterocycles. The first kappa shape index (κ1) is 102. The van der Waals surface area contributed by atoms with Gasteiger partial charge in [0.25, 0.3) is 0 Å². The van der Waals surface area contributed by atoms with Crippen molar-refractivity contribution in [1.82, 2.24) is 29.9 Å². The van der Waals surface area contributed by atoms with Crippen molar-refractivity contribution >= 4 is 41.4 Å². The Morgan fingerprint density at radius 2 is 0.457 bits per heavy atom. The van der Waals surface area contributed by atoms with E-state index in [-0.39, 0.29) is 28.5 Å². The third-order valence-electron chi connectivity index (χ3n) is 19.8. The molecule has 0 atom stereocenters. The van der Waals surface area contributed by atoms with E-state index in [0.29, 0.717) is 0 Å². The second-order valence-electron chi connectivity index (χ2n) is 32.2. The standard InChI is InChI=1S/C17H16O.C17H20.3C15H14O.2C10H12.3C6H8N2/c1-13-3-7-15(8-4-13)9-12-17(18)16-10-5-14(2)6-11-16;1-13-5-9-15(10-6-13)17(3,4)16-11-7-14(2)8-12-16;1-11-3-7-13(8-4-11)15(16)14-9-5-12(2)6-10-14;2*1-11-6-8-13(9-7-11)15(16)14-5-3-4-12(2)10-14;2*1-3-4-10-7-5-9(2)6-8-10;2*1-5-3-8-6(2)4-7-5;1-5-3-7-6(2)8-4-5/h3-12H,1-2H3;5-12H,1-4H3;3*3-10H,1-2H3;2*3-8H,1-2H3;3*3-4H,1-2H3. The lowest BCUT2D eigenvalue weighted by Gasteiger charge is -2.26. The molecular formula is C117H126N6O4. The fraction of sp³-hybridized carbons (Fsp3) is 0.197. The van der Waals surface area contributed by atoms with Crippen molar-refractivity contribution in [3.63, 3.8) is 0 Å². The third-order valence-corrected chi connectivity index (χ3v) is 19.8. The van der Waals surface area contributed by atoms with Gasteiger partial charge in [0.2, 0.25) is 0 Å². The fourth-order valence-corrected chi connectivity index (χ4v) is 11.8. The van der Waals surface area contributed by atoms with E-state index >= 15 is 0 Å². The van der Waals surface area contributed by atoms with Crippen LogP contribution in [0.5, 0.6) is 0 Å². The quantitative estimate of drug-likeness (QED) is 0.0807. The number of hydrogen-bond acceptors (Lipinski definition) is 10. The molecule has 15 rings (SSSR count). The Morgan fingerprint density at radius 3 is 0.693 bits per heavy atom. The average molecular weight is 1680 g/mol. The predicted octanol–water partition coefficient (Wildman–Crippen LogP) is 28.8. The van der Waals surface area contributed by atoms with Crippen LogP contribution in [0.25, 0.3) is 18.2 Å². The van der Waals surface area contributed by atoms with Gasteiger partial charge in [-0.2, -0.15) is 0 Å². The lowest BCUT2D eigenvalue weighted by atomic mass is 9.78. The van der Waals surface area contributed by atoms with Crippen molar-refractivity contribution in [3.05, 3.63) is 514 Å². The zero-order valence-corrected chi connectivity index (χ0v) is 78.5. The first-order chi connectivity index (χ1) is 60.7. The molecule has 0 aliphatic rings. The normalized spacial score (nSPS) is 10.3. The van der Waals surface area contributed by atoms with E-state index in [2.05, 4.69) is 181 Å². The molecule has 0 amide bonds. The molecule has 0 radical (unpaired) electrons. The minimum absolute atomic E-state index is 0.0376. The van der Waals surface area contributed by atoms with Gasteiger partial charge in [-0.15, -0.1) is 0 Å². The van der Waals surface area contributed by atoms with Gasteiger partial charge in [-0.25, -0.2) is 9.97 Å². The number of ketones is 4. The number of carbonyl (C=O) groups is 4. The number of rotatable bonds is 13. The number of carbonyl (C=O) groups excluding carboxylic acids is 4. The van der Waals surface area contributed by atoms with E-state index < -0.39 is 0 Å². The number of benzene rings is 12. The largest absolute Gasteiger partial charge is 0.289 e. The van der Waals surface area contributed by atoms with Crippen LogP contribution in [0.2, 0.25) is 0 Å². The van der Waals surface area contributed by atoms with Crippen molar-refractivity contribution in [3.8, 4) is 0 Å². The van der Waals surface area contributed by atoms with E-state index in [1.165, 1.54) is 72.3 Å². The van der Waals surface area contributed by atoms with Crippen LogP contribution in [0.4, 0.5) is 0 Å². The van der Waals surface area contributed by atoms with E-state index in [1.54, 1.807) is 30.9 Å². The smallest absolute Gasteiger partial charge is 0.193 e. The first-order valence-electron chi connectivity index (χ1n) is 42.9. The van der Waals surface area contributed by atoms with Crippen LogP contribution < -0.4 is 0 Å². The Bertz CT molecular complexity index is 5490. The molecule has 3 aromatic heterocycles. The van der Waals surface area contributed by atoms with Gasteiger partial charge in [-0.05, 0) is 190 Å². The maximum atomic E-state index is 12.1. The lowest BCUT2D eigenvalue weighted by Crippen LogP contribution is -2.18. The molecule has 0 aliphatic carbocycles. The highest BCUT2D eigenvalue weighted by atomic mass is 16.1. The molecule has 0 saturated carbocycles. The summed E-state index contributed by atoms with van der Waals surface area (Å²) >= 11 is 0. The van der Waals surface area contributed by atoms with E-state index in [0.717, 1.165) is 95.4 Å². The van der Waals surface area contributed by atoms with Gasteiger partial charge in [-0.1, -0.05) is 390 Å². The average Bonchev–Trinajstić information content (AvgIpc) is 0.805. The molecule has 648 valence electrons. The van der Waals surface area contributed by atoms with Crippen molar-refractivity contribution < 1.29 is 19.2 Å². The zero-order chi connectivity index (χ0) is 92.8. The molecule has 0 spiro atoms. The SMILES string of the molecule is CC=Cc1ccc(C)cc1.CC=Cc1ccc(C)cc1.Cc1ccc(C(=O)c2ccc(C)cc2)cc1.Cc1ccc(C(=O)c2cccc(C)c2)cc1.Cc1ccc(C(=O)c2cccc(C)c2)cc1.Cc1ccc(C(C)(C)c2ccc(C)cc2)cc1.Cc1ccc(C=CC(=O)c2ccc(C)cc2)cc1.Cc1cnc(C)cn1.Cc1cnc(C)cn1.Cc1cnc(C)nc1. The van der Waals surface area contributed by atoms with Crippen molar-refractivity contribution in [1.29, 1.82) is 0 Å². The minimum atomic E-state index is 0.0376. The Morgan fingerprint density at radius 1 is 0.228 bits per heavy atom. The van der Waals surface area contributed by atoms with Crippen LogP contribution in [0.3, 0.4) is 0 Å². The monoisotopic (exact) mass is 1680 g/mol. The highest BCUT2D eigenvalue weighted by Crippen LogP contribution is 2.32. The van der Waals surface area contributed by atoms with Crippen molar-refractivity contribution in [2.45, 2.75) is 158 Å². The van der Waals surface area contributed by atoms with Crippen LogP contribution in [0.1, 0.15) is 215 Å². The number of allylic oxidation sites excluding steroid dienone is 3. The second kappa shape index (κ2) is 53.7. The summed E-state index contributed by atoms with van der Waals surface area (Å²) in [5, 5.41) is 0. The van der Waals surface area contributed by atoms with Gasteiger partial charge in [0.15, 0.2) is 23.1 Å². The van der Waals surface area contributed by atoms with Gasteiger partial charge in [0, 0.05) is 81.5 Å². The summed E-state index contributed by atoms with van der Waals surface area (Å²) in [6.07, 6.45) is 22.4. The molecule has 10 nitrogen and oxygen atoms in total. The van der Waals surface area contributed by atoms with E-state index in [1.807, 2.05) is 336 Å². The van der Waals surface area contributed by atoms with Crippen LogP contribution in [-0.4, -0.2) is 53.0 Å². The Balaban J connectivity index is 0.000000221. The first-order valence-corrected chi connectivity index (χ1v) is 42.9. The highest BCUT2D eigenvalue weighted by molar-refractivity contribution is 6.10. The molecule has 3 heterocycles. The Hall–Kier alpha value is -14.2. The molecule has 0 N–H and O–H groups in total. The number of hydrogen-bond donors (Lipinski definition) is 0. The van der Waals surface area contributed by atoms with Crippen LogP contribution in [-0.2, 0) is 5.41 Å². The molecule has 0 aliphatic heterocycles. The van der Waals surface area contributed by atoms with Gasteiger partial charge < -0.3 is 0 Å². The van der Waals surface area contributed by atoms with Crippen LogP contribution in [0, 0.1) is 125 Å². The van der Waals surface area contributed by atoms with Gasteiger partial charge >= 0.3 is 0 Å².